The lowest BCUT2D eigenvalue weighted by Gasteiger charge is -2.12. The van der Waals surface area contributed by atoms with Gasteiger partial charge in [-0.15, -0.1) is 0 Å². The third kappa shape index (κ3) is 2.00. The predicted octanol–water partition coefficient (Wildman–Crippen LogP) is 0.431. The number of likely N-dealkylation sites (tertiary alicyclic amines) is 1. The fraction of sp³-hybridized carbons (Fsp3) is 0.750. The number of amides is 1. The summed E-state index contributed by atoms with van der Waals surface area (Å²) in [5.74, 6) is -4.01. The van der Waals surface area contributed by atoms with Crippen molar-refractivity contribution in [2.45, 2.75) is 13.3 Å². The monoisotopic (exact) mass is 207 g/mol. The molecule has 0 aromatic heterocycles. The van der Waals surface area contributed by atoms with Gasteiger partial charge in [0, 0.05) is 20.0 Å². The lowest BCUT2D eigenvalue weighted by Crippen LogP contribution is -2.27. The summed E-state index contributed by atoms with van der Waals surface area (Å²) in [6.45, 7) is 0.969. The summed E-state index contributed by atoms with van der Waals surface area (Å²) in [7, 11) is 0. The first kappa shape index (κ1) is 10.9. The van der Waals surface area contributed by atoms with E-state index in [0.29, 0.717) is 0 Å². The van der Waals surface area contributed by atoms with Crippen LogP contribution in [0.2, 0.25) is 0 Å². The third-order valence-corrected chi connectivity index (χ3v) is 2.45. The van der Waals surface area contributed by atoms with Gasteiger partial charge >= 0.3 is 5.97 Å². The Hall–Kier alpha value is -1.20. The molecule has 2 atom stereocenters. The van der Waals surface area contributed by atoms with Crippen LogP contribution in [0.25, 0.3) is 0 Å². The minimum atomic E-state index is -2.69. The van der Waals surface area contributed by atoms with Gasteiger partial charge in [-0.1, -0.05) is 0 Å². The van der Waals surface area contributed by atoms with Gasteiger partial charge in [-0.05, 0) is 0 Å². The highest BCUT2D eigenvalue weighted by Gasteiger charge is 2.43. The second-order valence-corrected chi connectivity index (χ2v) is 3.37. The van der Waals surface area contributed by atoms with Crippen molar-refractivity contribution in [3.8, 4) is 0 Å². The van der Waals surface area contributed by atoms with Crippen LogP contribution in [0.4, 0.5) is 8.78 Å². The van der Waals surface area contributed by atoms with Crippen LogP contribution in [0.3, 0.4) is 0 Å². The van der Waals surface area contributed by atoms with Gasteiger partial charge < -0.3 is 10.0 Å². The zero-order valence-corrected chi connectivity index (χ0v) is 7.61. The first-order valence-corrected chi connectivity index (χ1v) is 4.20. The lowest BCUT2D eigenvalue weighted by atomic mass is 9.97. The molecule has 0 radical (unpaired) electrons. The number of carboxylic acids is 1. The maximum atomic E-state index is 12.4. The van der Waals surface area contributed by atoms with Crippen molar-refractivity contribution in [3.05, 3.63) is 0 Å². The van der Waals surface area contributed by atoms with E-state index in [9.17, 15) is 18.4 Å². The maximum absolute atomic E-state index is 12.4. The van der Waals surface area contributed by atoms with Crippen molar-refractivity contribution in [1.29, 1.82) is 0 Å². The van der Waals surface area contributed by atoms with Gasteiger partial charge in [0.05, 0.1) is 11.8 Å². The Balaban J connectivity index is 2.75. The van der Waals surface area contributed by atoms with Crippen molar-refractivity contribution in [2.75, 3.05) is 13.1 Å². The first-order chi connectivity index (χ1) is 6.43. The molecule has 1 amide bonds. The molecule has 1 fully saturated rings. The van der Waals surface area contributed by atoms with Crippen LogP contribution >= 0.6 is 0 Å². The van der Waals surface area contributed by atoms with Crippen molar-refractivity contribution in [1.82, 2.24) is 4.90 Å². The van der Waals surface area contributed by atoms with E-state index in [2.05, 4.69) is 0 Å². The van der Waals surface area contributed by atoms with E-state index in [1.807, 2.05) is 0 Å². The number of carbonyl (C=O) groups excluding carboxylic acids is 1. The third-order valence-electron chi connectivity index (χ3n) is 2.45. The van der Waals surface area contributed by atoms with Crippen molar-refractivity contribution in [3.63, 3.8) is 0 Å². The molecule has 0 bridgehead atoms. The summed E-state index contributed by atoms with van der Waals surface area (Å²) in [5, 5.41) is 8.66. The molecule has 0 aromatic carbocycles. The SMILES string of the molecule is CC(=O)N1C[C@@H](C(=O)O)[C@H](C(F)F)C1. The number of nitrogens with zero attached hydrogens (tertiary/aromatic N) is 1. The van der Waals surface area contributed by atoms with E-state index in [1.54, 1.807) is 0 Å². The number of alkyl halides is 2. The normalized spacial score (nSPS) is 27.0. The highest BCUT2D eigenvalue weighted by atomic mass is 19.3. The van der Waals surface area contributed by atoms with Crippen LogP contribution in [-0.2, 0) is 9.59 Å². The molecule has 0 saturated carbocycles. The van der Waals surface area contributed by atoms with Crippen LogP contribution in [0.15, 0.2) is 0 Å². The lowest BCUT2D eigenvalue weighted by molar-refractivity contribution is -0.144. The number of carboxylic acid groups (broad SMARTS) is 1. The van der Waals surface area contributed by atoms with Crippen molar-refractivity contribution < 1.29 is 23.5 Å². The number of halogens is 2. The molecule has 1 rings (SSSR count). The maximum Gasteiger partial charge on any atom is 0.308 e. The highest BCUT2D eigenvalue weighted by Crippen LogP contribution is 2.28. The Morgan fingerprint density at radius 2 is 2.00 bits per heavy atom. The average molecular weight is 207 g/mol. The first-order valence-electron chi connectivity index (χ1n) is 4.20. The van der Waals surface area contributed by atoms with E-state index < -0.39 is 24.2 Å². The summed E-state index contributed by atoms with van der Waals surface area (Å²) >= 11 is 0. The van der Waals surface area contributed by atoms with E-state index in [0.717, 1.165) is 4.90 Å². The summed E-state index contributed by atoms with van der Waals surface area (Å²) < 4.78 is 24.8. The minimum absolute atomic E-state index is 0.111. The Morgan fingerprint density at radius 1 is 1.43 bits per heavy atom. The van der Waals surface area contributed by atoms with Gasteiger partial charge in [0.2, 0.25) is 12.3 Å². The number of hydrogen-bond acceptors (Lipinski definition) is 2. The second-order valence-electron chi connectivity index (χ2n) is 3.37. The van der Waals surface area contributed by atoms with Gasteiger partial charge in [0.1, 0.15) is 0 Å². The molecule has 4 nitrogen and oxygen atoms in total. The molecule has 0 aliphatic carbocycles. The minimum Gasteiger partial charge on any atom is -0.481 e. The van der Waals surface area contributed by atoms with Crippen molar-refractivity contribution in [2.24, 2.45) is 11.8 Å². The fourth-order valence-electron chi connectivity index (χ4n) is 1.60. The van der Waals surface area contributed by atoms with Gasteiger partial charge in [-0.2, -0.15) is 0 Å². The zero-order valence-electron chi connectivity index (χ0n) is 7.61. The smallest absolute Gasteiger partial charge is 0.308 e. The molecule has 14 heavy (non-hydrogen) atoms. The van der Waals surface area contributed by atoms with Gasteiger partial charge in [-0.25, -0.2) is 8.78 Å². The van der Waals surface area contributed by atoms with Gasteiger partial charge in [0.15, 0.2) is 0 Å². The molecular formula is C8H11F2NO3. The largest absolute Gasteiger partial charge is 0.481 e. The summed E-state index contributed by atoms with van der Waals surface area (Å²) in [4.78, 5) is 22.6. The summed E-state index contributed by atoms with van der Waals surface area (Å²) in [5.41, 5.74) is 0. The van der Waals surface area contributed by atoms with Crippen LogP contribution in [0.5, 0.6) is 0 Å². The Bertz CT molecular complexity index is 257. The van der Waals surface area contributed by atoms with Crippen LogP contribution < -0.4 is 0 Å². The highest BCUT2D eigenvalue weighted by molar-refractivity contribution is 5.77. The molecule has 6 heteroatoms. The Morgan fingerprint density at radius 3 is 2.29 bits per heavy atom. The molecular weight excluding hydrogens is 196 g/mol. The molecule has 1 saturated heterocycles. The average Bonchev–Trinajstić information content (AvgIpc) is 2.47. The quantitative estimate of drug-likeness (QED) is 0.714. The van der Waals surface area contributed by atoms with Gasteiger partial charge in [-0.3, -0.25) is 9.59 Å². The summed E-state index contributed by atoms with van der Waals surface area (Å²) in [6.07, 6.45) is -2.69. The number of hydrogen-bond donors (Lipinski definition) is 1. The van der Waals surface area contributed by atoms with Gasteiger partial charge in [0.25, 0.3) is 0 Å². The van der Waals surface area contributed by atoms with E-state index >= 15 is 0 Å². The van der Waals surface area contributed by atoms with Crippen LogP contribution in [0.1, 0.15) is 6.92 Å². The number of rotatable bonds is 2. The molecule has 1 N–H and O–H groups in total. The Kier molecular flexibility index (Phi) is 3.03. The van der Waals surface area contributed by atoms with E-state index in [-0.39, 0.29) is 19.0 Å². The molecule has 1 heterocycles. The van der Waals surface area contributed by atoms with E-state index in [1.165, 1.54) is 6.92 Å². The molecule has 0 spiro atoms. The molecule has 80 valence electrons. The second kappa shape index (κ2) is 3.89. The van der Waals surface area contributed by atoms with Crippen LogP contribution in [-0.4, -0.2) is 41.4 Å². The number of aliphatic carboxylic acids is 1. The van der Waals surface area contributed by atoms with E-state index in [4.69, 9.17) is 5.11 Å². The fourth-order valence-corrected chi connectivity index (χ4v) is 1.60. The summed E-state index contributed by atoms with van der Waals surface area (Å²) in [6, 6.07) is 0. The Labute approximate surface area is 79.5 Å². The van der Waals surface area contributed by atoms with Crippen molar-refractivity contribution >= 4 is 11.9 Å². The molecule has 0 unspecified atom stereocenters. The molecule has 1 aliphatic rings. The molecule has 1 aliphatic heterocycles. The van der Waals surface area contributed by atoms with Crippen LogP contribution in [0, 0.1) is 11.8 Å². The zero-order chi connectivity index (χ0) is 10.9. The predicted molar refractivity (Wildman–Crippen MR) is 42.9 cm³/mol. The molecule has 0 aromatic rings. The standard InChI is InChI=1S/C8H11F2NO3/c1-4(12)11-2-5(7(9)10)6(3-11)8(13)14/h5-7H,2-3H2,1H3,(H,13,14)/t5-,6-/m1/s1. The topological polar surface area (TPSA) is 57.6 Å². The number of carbonyl (C=O) groups is 2.